The quantitative estimate of drug-likeness (QED) is 0.775. The number of carbonyl (C=O) groups excluding carboxylic acids is 1. The Morgan fingerprint density at radius 1 is 1.19 bits per heavy atom. The highest BCUT2D eigenvalue weighted by molar-refractivity contribution is 5.97. The van der Waals surface area contributed by atoms with Gasteiger partial charge in [0.2, 0.25) is 5.91 Å². The smallest absolute Gasteiger partial charge is 0.240 e. The van der Waals surface area contributed by atoms with Crippen molar-refractivity contribution in [1.82, 2.24) is 5.32 Å². The van der Waals surface area contributed by atoms with E-state index in [1.54, 1.807) is 0 Å². The van der Waals surface area contributed by atoms with E-state index in [1.807, 2.05) is 4.90 Å². The van der Waals surface area contributed by atoms with Crippen molar-refractivity contribution < 1.29 is 4.79 Å². The van der Waals surface area contributed by atoms with Crippen LogP contribution in [0.5, 0.6) is 0 Å². The van der Waals surface area contributed by atoms with E-state index in [-0.39, 0.29) is 5.91 Å². The van der Waals surface area contributed by atoms with Crippen molar-refractivity contribution in [3.63, 3.8) is 0 Å². The molecule has 3 nitrogen and oxygen atoms in total. The fraction of sp³-hybridized carbons (Fsp3) is 0.462. The number of rotatable bonds is 1. The third-order valence-corrected chi connectivity index (χ3v) is 2.99. The third-order valence-electron chi connectivity index (χ3n) is 2.99. The first kappa shape index (κ1) is 11.1. The molecule has 0 spiro atoms. The lowest BCUT2D eigenvalue weighted by molar-refractivity contribution is -0.118. The van der Waals surface area contributed by atoms with Crippen molar-refractivity contribution in [2.45, 2.75) is 20.8 Å². The summed E-state index contributed by atoms with van der Waals surface area (Å²) in [4.78, 5) is 13.8. The molecule has 1 fully saturated rings. The summed E-state index contributed by atoms with van der Waals surface area (Å²) in [5, 5.41) is 3.09. The molecule has 1 aromatic rings. The largest absolute Gasteiger partial charge is 0.310 e. The topological polar surface area (TPSA) is 32.3 Å². The molecular weight excluding hydrogens is 200 g/mol. The van der Waals surface area contributed by atoms with Crippen molar-refractivity contribution in [3.8, 4) is 0 Å². The molecule has 0 atom stereocenters. The van der Waals surface area contributed by atoms with E-state index in [9.17, 15) is 4.79 Å². The van der Waals surface area contributed by atoms with Gasteiger partial charge in [-0.1, -0.05) is 17.7 Å². The second-order valence-corrected chi connectivity index (χ2v) is 4.47. The minimum absolute atomic E-state index is 0.168. The molecule has 1 amide bonds. The maximum absolute atomic E-state index is 11.8. The zero-order chi connectivity index (χ0) is 11.7. The Hall–Kier alpha value is -1.35. The summed E-state index contributed by atoms with van der Waals surface area (Å²) in [6, 6.07) is 4.27. The van der Waals surface area contributed by atoms with Crippen LogP contribution in [0, 0.1) is 20.8 Å². The summed E-state index contributed by atoms with van der Waals surface area (Å²) in [5.41, 5.74) is 4.72. The van der Waals surface area contributed by atoms with E-state index >= 15 is 0 Å². The van der Waals surface area contributed by atoms with E-state index < -0.39 is 0 Å². The summed E-state index contributed by atoms with van der Waals surface area (Å²) in [7, 11) is 0. The van der Waals surface area contributed by atoms with E-state index in [0.29, 0.717) is 6.54 Å². The first-order valence-electron chi connectivity index (χ1n) is 5.68. The molecule has 16 heavy (non-hydrogen) atoms. The molecule has 1 aromatic carbocycles. The van der Waals surface area contributed by atoms with Gasteiger partial charge in [0.25, 0.3) is 0 Å². The summed E-state index contributed by atoms with van der Waals surface area (Å²) < 4.78 is 0. The number of piperazine rings is 1. The SMILES string of the molecule is Cc1cc(C)c(N2CCNCC2=O)c(C)c1. The van der Waals surface area contributed by atoms with E-state index in [0.717, 1.165) is 18.8 Å². The van der Waals surface area contributed by atoms with Crippen molar-refractivity contribution in [1.29, 1.82) is 0 Å². The van der Waals surface area contributed by atoms with E-state index in [4.69, 9.17) is 0 Å². The Labute approximate surface area is 96.5 Å². The van der Waals surface area contributed by atoms with Gasteiger partial charge in [0, 0.05) is 18.8 Å². The highest BCUT2D eigenvalue weighted by Gasteiger charge is 2.22. The van der Waals surface area contributed by atoms with Gasteiger partial charge in [-0.3, -0.25) is 4.79 Å². The van der Waals surface area contributed by atoms with Crippen LogP contribution in [0.2, 0.25) is 0 Å². The minimum atomic E-state index is 0.168. The number of anilines is 1. The maximum atomic E-state index is 11.8. The number of hydrogen-bond acceptors (Lipinski definition) is 2. The second-order valence-electron chi connectivity index (χ2n) is 4.47. The number of carbonyl (C=O) groups is 1. The van der Waals surface area contributed by atoms with Gasteiger partial charge < -0.3 is 10.2 Å². The molecule has 1 saturated heterocycles. The summed E-state index contributed by atoms with van der Waals surface area (Å²) in [6.07, 6.45) is 0. The molecule has 2 rings (SSSR count). The van der Waals surface area contributed by atoms with Gasteiger partial charge in [-0.15, -0.1) is 0 Å². The summed E-state index contributed by atoms with van der Waals surface area (Å²) in [6.45, 7) is 8.33. The Kier molecular flexibility index (Phi) is 2.97. The number of amides is 1. The monoisotopic (exact) mass is 218 g/mol. The molecule has 1 N–H and O–H groups in total. The van der Waals surface area contributed by atoms with Crippen molar-refractivity contribution in [2.24, 2.45) is 0 Å². The Bertz CT molecular complexity index is 403. The average Bonchev–Trinajstić information content (AvgIpc) is 2.19. The number of nitrogens with zero attached hydrogens (tertiary/aromatic N) is 1. The average molecular weight is 218 g/mol. The van der Waals surface area contributed by atoms with E-state index in [1.165, 1.54) is 16.7 Å². The number of benzene rings is 1. The van der Waals surface area contributed by atoms with Crippen LogP contribution in [0.25, 0.3) is 0 Å². The third kappa shape index (κ3) is 1.95. The van der Waals surface area contributed by atoms with Crippen LogP contribution >= 0.6 is 0 Å². The molecule has 0 aliphatic carbocycles. The van der Waals surface area contributed by atoms with Gasteiger partial charge in [0.15, 0.2) is 0 Å². The van der Waals surface area contributed by atoms with Crippen molar-refractivity contribution >= 4 is 11.6 Å². The van der Waals surface area contributed by atoms with Crippen molar-refractivity contribution in [2.75, 3.05) is 24.5 Å². The molecule has 0 bridgehead atoms. The lowest BCUT2D eigenvalue weighted by Gasteiger charge is -2.30. The number of aryl methyl sites for hydroxylation is 3. The van der Waals surface area contributed by atoms with Gasteiger partial charge in [-0.2, -0.15) is 0 Å². The molecule has 0 unspecified atom stereocenters. The molecule has 1 aliphatic rings. The van der Waals surface area contributed by atoms with Crippen LogP contribution in [-0.4, -0.2) is 25.5 Å². The first-order chi connectivity index (χ1) is 7.59. The number of hydrogen-bond donors (Lipinski definition) is 1. The Morgan fingerprint density at radius 3 is 2.38 bits per heavy atom. The van der Waals surface area contributed by atoms with Crippen LogP contribution in [0.4, 0.5) is 5.69 Å². The molecule has 1 aliphatic heterocycles. The predicted molar refractivity (Wildman–Crippen MR) is 65.9 cm³/mol. The minimum Gasteiger partial charge on any atom is -0.310 e. The first-order valence-corrected chi connectivity index (χ1v) is 5.68. The molecule has 3 heteroatoms. The lowest BCUT2D eigenvalue weighted by atomic mass is 10.0. The maximum Gasteiger partial charge on any atom is 0.240 e. The zero-order valence-electron chi connectivity index (χ0n) is 10.1. The summed E-state index contributed by atoms with van der Waals surface area (Å²) >= 11 is 0. The standard InChI is InChI=1S/C13H18N2O/c1-9-6-10(2)13(11(3)7-9)15-5-4-14-8-12(15)16/h6-7,14H,4-5,8H2,1-3H3. The molecule has 0 saturated carbocycles. The highest BCUT2D eigenvalue weighted by Crippen LogP contribution is 2.26. The molecular formula is C13H18N2O. The van der Waals surface area contributed by atoms with Gasteiger partial charge in [0.1, 0.15) is 0 Å². The van der Waals surface area contributed by atoms with Gasteiger partial charge in [0.05, 0.1) is 6.54 Å². The van der Waals surface area contributed by atoms with Gasteiger partial charge in [-0.05, 0) is 31.9 Å². The Balaban J connectivity index is 2.42. The molecule has 0 aromatic heterocycles. The van der Waals surface area contributed by atoms with Crippen molar-refractivity contribution in [3.05, 3.63) is 28.8 Å². The second kappa shape index (κ2) is 4.26. The van der Waals surface area contributed by atoms with Crippen LogP contribution in [0.1, 0.15) is 16.7 Å². The Morgan fingerprint density at radius 2 is 1.81 bits per heavy atom. The van der Waals surface area contributed by atoms with Crippen LogP contribution in [-0.2, 0) is 4.79 Å². The van der Waals surface area contributed by atoms with Gasteiger partial charge >= 0.3 is 0 Å². The lowest BCUT2D eigenvalue weighted by Crippen LogP contribution is -2.48. The molecule has 86 valence electrons. The van der Waals surface area contributed by atoms with Crippen LogP contribution < -0.4 is 10.2 Å². The van der Waals surface area contributed by atoms with Gasteiger partial charge in [-0.25, -0.2) is 0 Å². The number of nitrogens with one attached hydrogen (secondary N) is 1. The molecule has 0 radical (unpaired) electrons. The molecule has 1 heterocycles. The van der Waals surface area contributed by atoms with E-state index in [2.05, 4.69) is 38.2 Å². The fourth-order valence-electron chi connectivity index (χ4n) is 2.44. The normalized spacial score (nSPS) is 16.7. The van der Waals surface area contributed by atoms with Crippen LogP contribution in [0.3, 0.4) is 0 Å². The zero-order valence-corrected chi connectivity index (χ0v) is 10.1. The predicted octanol–water partition coefficient (Wildman–Crippen LogP) is 1.55. The highest BCUT2D eigenvalue weighted by atomic mass is 16.2. The summed E-state index contributed by atoms with van der Waals surface area (Å²) in [5.74, 6) is 0.168. The fourth-order valence-corrected chi connectivity index (χ4v) is 2.44. The van der Waals surface area contributed by atoms with Crippen LogP contribution in [0.15, 0.2) is 12.1 Å².